The molecule has 0 aliphatic carbocycles. The Kier molecular flexibility index (Phi) is 7.02. The van der Waals surface area contributed by atoms with E-state index in [0.29, 0.717) is 43.2 Å². The number of ether oxygens (including phenoxy) is 1. The average molecular weight is 467 g/mol. The Bertz CT molecular complexity index is 1070. The highest BCUT2D eigenvalue weighted by Gasteiger charge is 2.38. The highest BCUT2D eigenvalue weighted by atomic mass is 16.5. The number of benzene rings is 1. The number of carbonyl (C=O) groups is 3. The summed E-state index contributed by atoms with van der Waals surface area (Å²) in [5, 5.41) is 2.93. The molecule has 1 aromatic heterocycles. The summed E-state index contributed by atoms with van der Waals surface area (Å²) < 4.78 is 10.7. The highest BCUT2D eigenvalue weighted by Crippen LogP contribution is 2.31. The zero-order chi connectivity index (χ0) is 24.2. The summed E-state index contributed by atoms with van der Waals surface area (Å²) in [5.74, 6) is -0.262. The molecular weight excluding hydrogens is 436 g/mol. The molecule has 1 saturated heterocycles. The van der Waals surface area contributed by atoms with Gasteiger partial charge in [-0.1, -0.05) is 30.3 Å². The minimum absolute atomic E-state index is 0.0642. The molecule has 0 bridgehead atoms. The predicted molar refractivity (Wildman–Crippen MR) is 125 cm³/mol. The Morgan fingerprint density at radius 1 is 1.15 bits per heavy atom. The summed E-state index contributed by atoms with van der Waals surface area (Å²) in [7, 11) is 1.66. The Labute approximate surface area is 198 Å². The molecule has 2 aromatic rings. The molecule has 2 aliphatic rings. The first-order valence-electron chi connectivity index (χ1n) is 11.5. The van der Waals surface area contributed by atoms with E-state index in [-0.39, 0.29) is 24.6 Å². The molecule has 3 heterocycles. The van der Waals surface area contributed by atoms with Gasteiger partial charge in [0.25, 0.3) is 5.91 Å². The lowest BCUT2D eigenvalue weighted by Crippen LogP contribution is -2.56. The normalized spacial score (nSPS) is 21.4. The topological polar surface area (TPSA) is 95.3 Å². The second-order valence-corrected chi connectivity index (χ2v) is 8.49. The summed E-state index contributed by atoms with van der Waals surface area (Å²) in [6.45, 7) is 6.07. The fourth-order valence-corrected chi connectivity index (χ4v) is 4.53. The van der Waals surface area contributed by atoms with Gasteiger partial charge in [0.15, 0.2) is 5.76 Å². The first-order valence-corrected chi connectivity index (χ1v) is 11.5. The van der Waals surface area contributed by atoms with Gasteiger partial charge in [0, 0.05) is 45.0 Å². The van der Waals surface area contributed by atoms with E-state index in [1.807, 2.05) is 37.3 Å². The second kappa shape index (κ2) is 10.1. The molecule has 2 atom stereocenters. The number of furan rings is 1. The first kappa shape index (κ1) is 23.6. The van der Waals surface area contributed by atoms with Gasteiger partial charge in [-0.25, -0.2) is 9.59 Å². The van der Waals surface area contributed by atoms with Crippen molar-refractivity contribution in [2.45, 2.75) is 25.9 Å². The largest absolute Gasteiger partial charge is 0.463 e. The molecule has 180 valence electrons. The van der Waals surface area contributed by atoms with E-state index < -0.39 is 12.0 Å². The number of carbonyl (C=O) groups excluding carboxylic acids is 3. The Morgan fingerprint density at radius 2 is 1.91 bits per heavy atom. The quantitative estimate of drug-likeness (QED) is 0.658. The van der Waals surface area contributed by atoms with Gasteiger partial charge in [-0.3, -0.25) is 14.6 Å². The van der Waals surface area contributed by atoms with Gasteiger partial charge in [0.1, 0.15) is 0 Å². The fraction of sp³-hybridized carbons (Fsp3) is 0.400. The van der Waals surface area contributed by atoms with Gasteiger partial charge in [-0.05, 0) is 31.5 Å². The van der Waals surface area contributed by atoms with E-state index in [4.69, 9.17) is 9.15 Å². The first-order chi connectivity index (χ1) is 16.4. The maximum absolute atomic E-state index is 13.1. The van der Waals surface area contributed by atoms with Gasteiger partial charge in [0.2, 0.25) is 0 Å². The zero-order valence-electron chi connectivity index (χ0n) is 19.7. The van der Waals surface area contributed by atoms with Crippen molar-refractivity contribution in [1.82, 2.24) is 20.0 Å². The van der Waals surface area contributed by atoms with Crippen LogP contribution in [0.15, 0.2) is 64.4 Å². The van der Waals surface area contributed by atoms with E-state index in [2.05, 4.69) is 10.2 Å². The third-order valence-electron chi connectivity index (χ3n) is 6.28. The summed E-state index contributed by atoms with van der Waals surface area (Å²) in [4.78, 5) is 44.1. The Hall–Kier alpha value is -3.59. The Morgan fingerprint density at radius 3 is 2.56 bits per heavy atom. The maximum atomic E-state index is 13.1. The number of piperazine rings is 1. The van der Waals surface area contributed by atoms with Gasteiger partial charge >= 0.3 is 12.0 Å². The lowest BCUT2D eigenvalue weighted by molar-refractivity contribution is -0.139. The SMILES string of the molecule is CCOC(=O)C1=C(CN2CCN(C(=O)c3ccco3)C(C)C2)N(C)C(=O)NC1c1ccccc1. The van der Waals surface area contributed by atoms with Crippen LogP contribution in [0.4, 0.5) is 4.79 Å². The number of hydrogen-bond acceptors (Lipinski definition) is 6. The smallest absolute Gasteiger partial charge is 0.338 e. The van der Waals surface area contributed by atoms with Crippen LogP contribution in [0.3, 0.4) is 0 Å². The van der Waals surface area contributed by atoms with Crippen LogP contribution in [-0.4, -0.2) is 78.5 Å². The monoisotopic (exact) mass is 466 g/mol. The van der Waals surface area contributed by atoms with Crippen LogP contribution in [0, 0.1) is 0 Å². The van der Waals surface area contributed by atoms with E-state index in [1.54, 1.807) is 31.0 Å². The van der Waals surface area contributed by atoms with Crippen LogP contribution in [0.25, 0.3) is 0 Å². The molecule has 0 saturated carbocycles. The van der Waals surface area contributed by atoms with Crippen molar-refractivity contribution in [2.24, 2.45) is 0 Å². The Balaban J connectivity index is 1.60. The molecule has 34 heavy (non-hydrogen) atoms. The molecule has 1 fully saturated rings. The van der Waals surface area contributed by atoms with Gasteiger partial charge < -0.3 is 19.4 Å². The molecular formula is C25H30N4O5. The van der Waals surface area contributed by atoms with Crippen molar-refractivity contribution in [3.05, 3.63) is 71.3 Å². The molecule has 9 nitrogen and oxygen atoms in total. The molecule has 1 N–H and O–H groups in total. The maximum Gasteiger partial charge on any atom is 0.338 e. The molecule has 2 unspecified atom stereocenters. The number of nitrogens with one attached hydrogen (secondary N) is 1. The minimum atomic E-state index is -0.599. The summed E-state index contributed by atoms with van der Waals surface area (Å²) >= 11 is 0. The van der Waals surface area contributed by atoms with Crippen molar-refractivity contribution in [1.29, 1.82) is 0 Å². The summed E-state index contributed by atoms with van der Waals surface area (Å²) in [5.41, 5.74) is 1.85. The van der Waals surface area contributed by atoms with Crippen LogP contribution in [0.5, 0.6) is 0 Å². The van der Waals surface area contributed by atoms with E-state index in [1.165, 1.54) is 11.2 Å². The van der Waals surface area contributed by atoms with Crippen molar-refractivity contribution >= 4 is 17.9 Å². The number of rotatable bonds is 6. The van der Waals surface area contributed by atoms with E-state index in [0.717, 1.165) is 5.56 Å². The summed E-state index contributed by atoms with van der Waals surface area (Å²) in [6.07, 6.45) is 1.49. The average Bonchev–Trinajstić information content (AvgIpc) is 3.37. The molecule has 3 amide bonds. The van der Waals surface area contributed by atoms with E-state index >= 15 is 0 Å². The molecule has 2 aliphatic heterocycles. The van der Waals surface area contributed by atoms with Crippen molar-refractivity contribution < 1.29 is 23.5 Å². The number of amides is 3. The number of urea groups is 1. The van der Waals surface area contributed by atoms with Gasteiger partial charge in [0.05, 0.1) is 24.5 Å². The number of nitrogens with zero attached hydrogens (tertiary/aromatic N) is 3. The molecule has 1 aromatic carbocycles. The van der Waals surface area contributed by atoms with Crippen molar-refractivity contribution in [2.75, 3.05) is 39.8 Å². The minimum Gasteiger partial charge on any atom is -0.463 e. The van der Waals surface area contributed by atoms with Gasteiger partial charge in [-0.2, -0.15) is 0 Å². The van der Waals surface area contributed by atoms with Crippen LogP contribution in [0.2, 0.25) is 0 Å². The van der Waals surface area contributed by atoms with E-state index in [9.17, 15) is 14.4 Å². The molecule has 0 radical (unpaired) electrons. The van der Waals surface area contributed by atoms with Crippen LogP contribution in [0.1, 0.15) is 36.0 Å². The lowest BCUT2D eigenvalue weighted by Gasteiger charge is -2.42. The van der Waals surface area contributed by atoms with Crippen LogP contribution in [-0.2, 0) is 9.53 Å². The zero-order valence-corrected chi connectivity index (χ0v) is 19.7. The van der Waals surface area contributed by atoms with Crippen molar-refractivity contribution in [3.8, 4) is 0 Å². The number of hydrogen-bond donors (Lipinski definition) is 1. The van der Waals surface area contributed by atoms with Crippen LogP contribution < -0.4 is 5.32 Å². The molecule has 9 heteroatoms. The third-order valence-corrected chi connectivity index (χ3v) is 6.28. The van der Waals surface area contributed by atoms with Crippen LogP contribution >= 0.6 is 0 Å². The standard InChI is InChI=1S/C25H30N4O5/c1-4-33-24(31)21-19(27(3)25(32)26-22(21)18-9-6-5-7-10-18)16-28-12-13-29(17(2)15-28)23(30)20-11-8-14-34-20/h5-11,14,17,22H,4,12-13,15-16H2,1-3H3,(H,26,32). The summed E-state index contributed by atoms with van der Waals surface area (Å²) in [6, 6.07) is 11.8. The highest BCUT2D eigenvalue weighted by molar-refractivity contribution is 5.95. The fourth-order valence-electron chi connectivity index (χ4n) is 4.53. The molecule has 4 rings (SSSR count). The number of likely N-dealkylation sites (N-methyl/N-ethyl adjacent to an activating group) is 1. The second-order valence-electron chi connectivity index (χ2n) is 8.49. The predicted octanol–water partition coefficient (Wildman–Crippen LogP) is 2.64. The van der Waals surface area contributed by atoms with Crippen molar-refractivity contribution in [3.63, 3.8) is 0 Å². The molecule has 0 spiro atoms. The lowest BCUT2D eigenvalue weighted by atomic mass is 9.94. The van der Waals surface area contributed by atoms with Gasteiger partial charge in [-0.15, -0.1) is 0 Å². The third kappa shape index (κ3) is 4.70. The number of esters is 1.